The van der Waals surface area contributed by atoms with Crippen LogP contribution in [-0.4, -0.2) is 79.6 Å². The summed E-state index contributed by atoms with van der Waals surface area (Å²) in [4.78, 5) is 29.4. The lowest BCUT2D eigenvalue weighted by molar-refractivity contribution is 0.122. The largest absolute Gasteiger partial charge is 0.378 e. The van der Waals surface area contributed by atoms with Crippen molar-refractivity contribution in [1.82, 2.24) is 14.9 Å². The van der Waals surface area contributed by atoms with Crippen molar-refractivity contribution >= 4 is 35.1 Å². The number of rotatable bonds is 4. The highest BCUT2D eigenvalue weighted by molar-refractivity contribution is 7.98. The van der Waals surface area contributed by atoms with E-state index in [1.807, 2.05) is 42.3 Å². The van der Waals surface area contributed by atoms with Gasteiger partial charge in [0.15, 0.2) is 0 Å². The second kappa shape index (κ2) is 9.53. The molecule has 2 aliphatic rings. The van der Waals surface area contributed by atoms with Gasteiger partial charge in [-0.2, -0.15) is 0 Å². The summed E-state index contributed by atoms with van der Waals surface area (Å²) < 4.78 is 5.45. The number of morpholine rings is 1. The van der Waals surface area contributed by atoms with Crippen LogP contribution in [0.5, 0.6) is 0 Å². The van der Waals surface area contributed by atoms with E-state index in [0.29, 0.717) is 13.1 Å². The molecule has 2 amide bonds. The maximum Gasteiger partial charge on any atom is 0.321 e. The molecule has 1 aromatic carbocycles. The maximum atomic E-state index is 12.7. The van der Waals surface area contributed by atoms with E-state index in [2.05, 4.69) is 31.2 Å². The zero-order chi connectivity index (χ0) is 20.9. The van der Waals surface area contributed by atoms with Gasteiger partial charge >= 0.3 is 6.03 Å². The van der Waals surface area contributed by atoms with Crippen LogP contribution in [0.3, 0.4) is 0 Å². The van der Waals surface area contributed by atoms with E-state index in [-0.39, 0.29) is 6.03 Å². The molecular formula is C21H28N6O2S. The van der Waals surface area contributed by atoms with Gasteiger partial charge in [-0.15, -0.1) is 11.8 Å². The molecule has 2 saturated heterocycles. The van der Waals surface area contributed by atoms with Gasteiger partial charge < -0.3 is 24.8 Å². The van der Waals surface area contributed by atoms with Crippen LogP contribution in [0.15, 0.2) is 35.2 Å². The number of aryl methyl sites for hydroxylation is 1. The molecule has 0 aliphatic carbocycles. The number of ether oxygens (including phenoxy) is 1. The summed E-state index contributed by atoms with van der Waals surface area (Å²) >= 11 is 1.66. The average Bonchev–Trinajstić information content (AvgIpc) is 2.79. The Labute approximate surface area is 181 Å². The van der Waals surface area contributed by atoms with Crippen LogP contribution < -0.4 is 15.1 Å². The number of benzene rings is 1. The zero-order valence-corrected chi connectivity index (χ0v) is 18.3. The van der Waals surface area contributed by atoms with Gasteiger partial charge in [0.1, 0.15) is 17.5 Å². The Morgan fingerprint density at radius 3 is 2.33 bits per heavy atom. The third kappa shape index (κ3) is 4.96. The smallest absolute Gasteiger partial charge is 0.321 e. The monoisotopic (exact) mass is 428 g/mol. The molecule has 160 valence electrons. The Bertz CT molecular complexity index is 882. The summed E-state index contributed by atoms with van der Waals surface area (Å²) in [5.41, 5.74) is 0.829. The molecular weight excluding hydrogens is 400 g/mol. The number of hydrogen-bond donors (Lipinski definition) is 1. The Balaban J connectivity index is 1.37. The first-order chi connectivity index (χ1) is 14.6. The molecule has 4 rings (SSSR count). The molecule has 2 aliphatic heterocycles. The Morgan fingerprint density at radius 1 is 1.00 bits per heavy atom. The number of carbonyl (C=O) groups excluding carboxylic acids is 1. The van der Waals surface area contributed by atoms with Gasteiger partial charge in [0.25, 0.3) is 0 Å². The highest BCUT2D eigenvalue weighted by Gasteiger charge is 2.23. The second-order valence-corrected chi connectivity index (χ2v) is 8.25. The lowest BCUT2D eigenvalue weighted by Crippen LogP contribution is -2.50. The Morgan fingerprint density at radius 2 is 1.67 bits per heavy atom. The minimum absolute atomic E-state index is 0.0548. The third-order valence-corrected chi connectivity index (χ3v) is 6.08. The normalized spacial score (nSPS) is 17.2. The van der Waals surface area contributed by atoms with Crippen molar-refractivity contribution in [3.05, 3.63) is 36.2 Å². The fourth-order valence-corrected chi connectivity index (χ4v) is 4.15. The number of nitrogens with zero attached hydrogens (tertiary/aromatic N) is 5. The van der Waals surface area contributed by atoms with Gasteiger partial charge in [0.05, 0.1) is 13.2 Å². The van der Waals surface area contributed by atoms with Crippen LogP contribution >= 0.6 is 11.8 Å². The zero-order valence-electron chi connectivity index (χ0n) is 17.5. The van der Waals surface area contributed by atoms with E-state index in [0.717, 1.165) is 67.4 Å². The summed E-state index contributed by atoms with van der Waals surface area (Å²) in [7, 11) is 0. The third-order valence-electron chi connectivity index (χ3n) is 5.36. The molecule has 0 bridgehead atoms. The van der Waals surface area contributed by atoms with Crippen molar-refractivity contribution in [1.29, 1.82) is 0 Å². The molecule has 0 atom stereocenters. The standard InChI is InChI=1S/C21H28N6O2S/c1-16-22-19(15-20(23-16)26-10-12-29-13-11-26)25-6-8-27(9-7-25)21(28)24-17-4-3-5-18(14-17)30-2/h3-5,14-15H,6-13H2,1-2H3,(H,24,28). The summed E-state index contributed by atoms with van der Waals surface area (Å²) in [5.74, 6) is 2.65. The van der Waals surface area contributed by atoms with Gasteiger partial charge in [-0.3, -0.25) is 0 Å². The number of amides is 2. The first-order valence-electron chi connectivity index (χ1n) is 10.3. The lowest BCUT2D eigenvalue weighted by Gasteiger charge is -2.36. The summed E-state index contributed by atoms with van der Waals surface area (Å²) in [5, 5.41) is 3.01. The van der Waals surface area contributed by atoms with Crippen LogP contribution in [0.1, 0.15) is 5.82 Å². The first-order valence-corrected chi connectivity index (χ1v) is 11.5. The molecule has 2 fully saturated rings. The van der Waals surface area contributed by atoms with Crippen molar-refractivity contribution in [2.24, 2.45) is 0 Å². The number of hydrogen-bond acceptors (Lipinski definition) is 7. The molecule has 9 heteroatoms. The van der Waals surface area contributed by atoms with E-state index in [1.54, 1.807) is 11.8 Å². The number of nitrogens with one attached hydrogen (secondary N) is 1. The van der Waals surface area contributed by atoms with E-state index >= 15 is 0 Å². The van der Waals surface area contributed by atoms with Crippen molar-refractivity contribution in [2.75, 3.05) is 73.9 Å². The molecule has 0 unspecified atom stereocenters. The van der Waals surface area contributed by atoms with Crippen LogP contribution in [-0.2, 0) is 4.74 Å². The lowest BCUT2D eigenvalue weighted by atomic mass is 10.3. The van der Waals surface area contributed by atoms with Crippen molar-refractivity contribution < 1.29 is 9.53 Å². The molecule has 1 aromatic heterocycles. The molecule has 0 saturated carbocycles. The second-order valence-electron chi connectivity index (χ2n) is 7.37. The van der Waals surface area contributed by atoms with Crippen molar-refractivity contribution in [3.8, 4) is 0 Å². The van der Waals surface area contributed by atoms with E-state index in [9.17, 15) is 4.79 Å². The average molecular weight is 429 g/mol. The number of carbonyl (C=O) groups is 1. The predicted molar refractivity (Wildman–Crippen MR) is 121 cm³/mol. The molecule has 3 heterocycles. The van der Waals surface area contributed by atoms with Crippen molar-refractivity contribution in [3.63, 3.8) is 0 Å². The minimum atomic E-state index is -0.0548. The predicted octanol–water partition coefficient (Wildman–Crippen LogP) is 2.70. The minimum Gasteiger partial charge on any atom is -0.378 e. The van der Waals surface area contributed by atoms with Gasteiger partial charge in [0, 0.05) is 55.9 Å². The topological polar surface area (TPSA) is 73.8 Å². The number of thioether (sulfide) groups is 1. The van der Waals surface area contributed by atoms with E-state index in [1.165, 1.54) is 0 Å². The van der Waals surface area contributed by atoms with Gasteiger partial charge in [-0.25, -0.2) is 14.8 Å². The molecule has 30 heavy (non-hydrogen) atoms. The highest BCUT2D eigenvalue weighted by atomic mass is 32.2. The fourth-order valence-electron chi connectivity index (χ4n) is 3.70. The van der Waals surface area contributed by atoms with Gasteiger partial charge in [-0.1, -0.05) is 6.07 Å². The molecule has 2 aromatic rings. The first kappa shape index (κ1) is 20.7. The Hall–Kier alpha value is -2.52. The van der Waals surface area contributed by atoms with Crippen LogP contribution in [0.2, 0.25) is 0 Å². The van der Waals surface area contributed by atoms with Crippen LogP contribution in [0.4, 0.5) is 22.1 Å². The number of urea groups is 1. The van der Waals surface area contributed by atoms with Crippen LogP contribution in [0, 0.1) is 6.92 Å². The van der Waals surface area contributed by atoms with Crippen LogP contribution in [0.25, 0.3) is 0 Å². The van der Waals surface area contributed by atoms with E-state index in [4.69, 9.17) is 4.74 Å². The summed E-state index contributed by atoms with van der Waals surface area (Å²) in [6.07, 6.45) is 2.03. The molecule has 8 nitrogen and oxygen atoms in total. The number of anilines is 3. The fraction of sp³-hybridized carbons (Fsp3) is 0.476. The summed E-state index contributed by atoms with van der Waals surface area (Å²) in [6, 6.07) is 9.92. The number of aromatic nitrogens is 2. The molecule has 1 N–H and O–H groups in total. The highest BCUT2D eigenvalue weighted by Crippen LogP contribution is 2.22. The van der Waals surface area contributed by atoms with E-state index < -0.39 is 0 Å². The molecule has 0 radical (unpaired) electrons. The quantitative estimate of drug-likeness (QED) is 0.751. The van der Waals surface area contributed by atoms with Gasteiger partial charge in [0.2, 0.25) is 0 Å². The molecule has 0 spiro atoms. The summed E-state index contributed by atoms with van der Waals surface area (Å²) in [6.45, 7) is 7.89. The van der Waals surface area contributed by atoms with Crippen molar-refractivity contribution in [2.45, 2.75) is 11.8 Å². The maximum absolute atomic E-state index is 12.7. The Kier molecular flexibility index (Phi) is 6.59. The number of piperazine rings is 1. The van der Waals surface area contributed by atoms with Gasteiger partial charge in [-0.05, 0) is 31.4 Å². The SMILES string of the molecule is CSc1cccc(NC(=O)N2CCN(c3cc(N4CCOCC4)nc(C)n3)CC2)c1.